The van der Waals surface area contributed by atoms with Crippen LogP contribution in [-0.4, -0.2) is 81.6 Å². The lowest BCUT2D eigenvalue weighted by atomic mass is 10.1. The molecule has 2 aliphatic heterocycles. The summed E-state index contributed by atoms with van der Waals surface area (Å²) in [7, 11) is -2.99. The van der Waals surface area contributed by atoms with Crippen molar-refractivity contribution in [1.29, 1.82) is 0 Å². The van der Waals surface area contributed by atoms with Crippen molar-refractivity contribution in [2.24, 2.45) is 11.8 Å². The van der Waals surface area contributed by atoms with E-state index < -0.39 is 9.84 Å². The van der Waals surface area contributed by atoms with Gasteiger partial charge in [0.05, 0.1) is 24.0 Å². The Bertz CT molecular complexity index is 484. The molecule has 0 spiro atoms. The fraction of sp³-hybridized carbons (Fsp3) is 0.938. The zero-order valence-corrected chi connectivity index (χ0v) is 15.2. The van der Waals surface area contributed by atoms with Gasteiger partial charge in [-0.1, -0.05) is 13.8 Å². The van der Waals surface area contributed by atoms with Gasteiger partial charge in [-0.3, -0.25) is 9.69 Å². The van der Waals surface area contributed by atoms with Crippen LogP contribution < -0.4 is 0 Å². The van der Waals surface area contributed by atoms with Gasteiger partial charge in [0.15, 0.2) is 9.84 Å². The molecule has 0 aromatic rings. The molecule has 2 fully saturated rings. The summed E-state index contributed by atoms with van der Waals surface area (Å²) in [5.41, 5.74) is 0. The van der Waals surface area contributed by atoms with E-state index in [0.717, 1.165) is 39.3 Å². The Kier molecular flexibility index (Phi) is 6.85. The smallest absolute Gasteiger partial charge is 0.226 e. The maximum absolute atomic E-state index is 12.4. The first-order chi connectivity index (χ1) is 10.9. The second kappa shape index (κ2) is 8.44. The highest BCUT2D eigenvalue weighted by atomic mass is 32.2. The van der Waals surface area contributed by atoms with Crippen molar-refractivity contribution in [2.45, 2.75) is 26.7 Å². The number of hydrogen-bond donors (Lipinski definition) is 0. The van der Waals surface area contributed by atoms with Crippen LogP contribution in [0.5, 0.6) is 0 Å². The molecule has 6 nitrogen and oxygen atoms in total. The van der Waals surface area contributed by atoms with Crippen LogP contribution in [0.4, 0.5) is 0 Å². The molecule has 0 aromatic heterocycles. The summed E-state index contributed by atoms with van der Waals surface area (Å²) in [6, 6.07) is 0. The number of amides is 1. The molecule has 134 valence electrons. The molecule has 7 heteroatoms. The van der Waals surface area contributed by atoms with Gasteiger partial charge >= 0.3 is 0 Å². The summed E-state index contributed by atoms with van der Waals surface area (Å²) >= 11 is 0. The van der Waals surface area contributed by atoms with E-state index in [1.54, 1.807) is 0 Å². The van der Waals surface area contributed by atoms with Gasteiger partial charge in [-0.2, -0.15) is 0 Å². The van der Waals surface area contributed by atoms with Gasteiger partial charge in [0.25, 0.3) is 0 Å². The van der Waals surface area contributed by atoms with E-state index in [1.807, 2.05) is 4.90 Å². The maximum atomic E-state index is 12.4. The first-order valence-electron chi connectivity index (χ1n) is 8.67. The third-order valence-corrected chi connectivity index (χ3v) is 6.42. The van der Waals surface area contributed by atoms with E-state index >= 15 is 0 Å². The summed E-state index contributed by atoms with van der Waals surface area (Å²) in [5, 5.41) is 0. The van der Waals surface area contributed by atoms with Gasteiger partial charge in [-0.25, -0.2) is 8.42 Å². The first-order valence-corrected chi connectivity index (χ1v) is 10.5. The van der Waals surface area contributed by atoms with E-state index in [1.165, 1.54) is 0 Å². The van der Waals surface area contributed by atoms with Gasteiger partial charge in [0.2, 0.25) is 5.91 Å². The third-order valence-electron chi connectivity index (χ3n) is 4.66. The molecule has 0 aliphatic carbocycles. The summed E-state index contributed by atoms with van der Waals surface area (Å²) in [4.78, 5) is 16.5. The highest BCUT2D eigenvalue weighted by Gasteiger charge is 2.36. The minimum Gasteiger partial charge on any atom is -0.380 e. The maximum Gasteiger partial charge on any atom is 0.226 e. The molecule has 0 aromatic carbocycles. The molecular formula is C16H30N2O4S. The predicted molar refractivity (Wildman–Crippen MR) is 90.1 cm³/mol. The molecular weight excluding hydrogens is 316 g/mol. The summed E-state index contributed by atoms with van der Waals surface area (Å²) in [5.74, 6) is 0.584. The number of piperazine rings is 1. The number of carbonyl (C=O) groups excluding carboxylic acids is 1. The zero-order valence-electron chi connectivity index (χ0n) is 14.4. The van der Waals surface area contributed by atoms with Crippen molar-refractivity contribution in [3.05, 3.63) is 0 Å². The van der Waals surface area contributed by atoms with Crippen LogP contribution in [0, 0.1) is 11.8 Å². The molecule has 2 rings (SSSR count). The largest absolute Gasteiger partial charge is 0.380 e. The SMILES string of the molecule is CC(C)CCOCCN1CCN(C(=O)C2CCS(=O)(=O)C2)CC1. The Morgan fingerprint density at radius 3 is 2.43 bits per heavy atom. The van der Waals surface area contributed by atoms with E-state index in [4.69, 9.17) is 4.74 Å². The standard InChI is InChI=1S/C16H30N2O4S/c1-14(2)3-10-22-11-9-17-5-7-18(8-6-17)16(19)15-4-12-23(20,21)13-15/h14-15H,3-13H2,1-2H3. The minimum atomic E-state index is -2.99. The normalized spacial score (nSPS) is 25.2. The average Bonchev–Trinajstić information content (AvgIpc) is 2.87. The Balaban J connectivity index is 1.63. The average molecular weight is 346 g/mol. The second-order valence-electron chi connectivity index (χ2n) is 7.06. The van der Waals surface area contributed by atoms with Crippen molar-refractivity contribution >= 4 is 15.7 Å². The van der Waals surface area contributed by atoms with E-state index in [-0.39, 0.29) is 23.3 Å². The van der Waals surface area contributed by atoms with Crippen LogP contribution in [0.2, 0.25) is 0 Å². The number of sulfone groups is 1. The van der Waals surface area contributed by atoms with Gasteiger partial charge in [0.1, 0.15) is 0 Å². The fourth-order valence-corrected chi connectivity index (χ4v) is 4.79. The molecule has 0 saturated carbocycles. The molecule has 2 aliphatic rings. The Hall–Kier alpha value is -0.660. The highest BCUT2D eigenvalue weighted by Crippen LogP contribution is 2.21. The summed E-state index contributed by atoms with van der Waals surface area (Å²) < 4.78 is 28.6. The topological polar surface area (TPSA) is 66.9 Å². The number of carbonyl (C=O) groups is 1. The predicted octanol–water partition coefficient (Wildman–Crippen LogP) is 0.628. The molecule has 0 N–H and O–H groups in total. The minimum absolute atomic E-state index is 0.0268. The molecule has 0 bridgehead atoms. The number of nitrogens with zero attached hydrogens (tertiary/aromatic N) is 2. The molecule has 23 heavy (non-hydrogen) atoms. The first kappa shape index (κ1) is 18.7. The van der Waals surface area contributed by atoms with E-state index in [0.29, 0.717) is 25.4 Å². The third kappa shape index (κ3) is 6.04. The van der Waals surface area contributed by atoms with Crippen molar-refractivity contribution in [2.75, 3.05) is 57.4 Å². The van der Waals surface area contributed by atoms with Crippen LogP contribution >= 0.6 is 0 Å². The number of rotatable bonds is 7. The zero-order chi connectivity index (χ0) is 16.9. The van der Waals surface area contributed by atoms with Gasteiger partial charge in [0, 0.05) is 39.3 Å². The Morgan fingerprint density at radius 2 is 1.87 bits per heavy atom. The molecule has 1 unspecified atom stereocenters. The number of hydrogen-bond acceptors (Lipinski definition) is 5. The van der Waals surface area contributed by atoms with Gasteiger partial charge < -0.3 is 9.64 Å². The summed E-state index contributed by atoms with van der Waals surface area (Å²) in [6.45, 7) is 9.91. The summed E-state index contributed by atoms with van der Waals surface area (Å²) in [6.07, 6.45) is 1.58. The quantitative estimate of drug-likeness (QED) is 0.633. The van der Waals surface area contributed by atoms with Crippen LogP contribution in [-0.2, 0) is 19.4 Å². The highest BCUT2D eigenvalue weighted by molar-refractivity contribution is 7.91. The lowest BCUT2D eigenvalue weighted by molar-refractivity contribution is -0.136. The lowest BCUT2D eigenvalue weighted by Gasteiger charge is -2.35. The monoisotopic (exact) mass is 346 g/mol. The van der Waals surface area contributed by atoms with E-state index in [9.17, 15) is 13.2 Å². The molecule has 0 radical (unpaired) electrons. The Labute approximate surface area is 140 Å². The van der Waals surface area contributed by atoms with Crippen molar-refractivity contribution in [1.82, 2.24) is 9.80 Å². The van der Waals surface area contributed by atoms with Crippen molar-refractivity contribution < 1.29 is 17.9 Å². The van der Waals surface area contributed by atoms with E-state index in [2.05, 4.69) is 18.7 Å². The molecule has 2 heterocycles. The number of ether oxygens (including phenoxy) is 1. The molecule has 2 saturated heterocycles. The molecule has 1 atom stereocenters. The van der Waals surface area contributed by atoms with Crippen molar-refractivity contribution in [3.8, 4) is 0 Å². The van der Waals surface area contributed by atoms with Crippen LogP contribution in [0.3, 0.4) is 0 Å². The Morgan fingerprint density at radius 1 is 1.17 bits per heavy atom. The van der Waals surface area contributed by atoms with Crippen LogP contribution in [0.1, 0.15) is 26.7 Å². The van der Waals surface area contributed by atoms with Crippen molar-refractivity contribution in [3.63, 3.8) is 0 Å². The van der Waals surface area contributed by atoms with Crippen LogP contribution in [0.25, 0.3) is 0 Å². The lowest BCUT2D eigenvalue weighted by Crippen LogP contribution is -2.51. The second-order valence-corrected chi connectivity index (χ2v) is 9.29. The van der Waals surface area contributed by atoms with Crippen LogP contribution in [0.15, 0.2) is 0 Å². The molecule has 1 amide bonds. The van der Waals surface area contributed by atoms with Gasteiger partial charge in [-0.15, -0.1) is 0 Å². The van der Waals surface area contributed by atoms with Gasteiger partial charge in [-0.05, 0) is 18.8 Å². The fourth-order valence-electron chi connectivity index (χ4n) is 3.05.